The normalized spacial score (nSPS) is 14.6. The fraction of sp³-hybridized carbons (Fsp3) is 0.643. The molecule has 1 amide bonds. The SMILES string of the molecule is CCC(C)C(N)C(=O)N(Cc1cccs1)C(C)C. The molecule has 0 fully saturated rings. The molecule has 1 aromatic rings. The van der Waals surface area contributed by atoms with Crippen molar-refractivity contribution >= 4 is 17.2 Å². The van der Waals surface area contributed by atoms with Crippen LogP contribution in [0.15, 0.2) is 17.5 Å². The molecule has 2 atom stereocenters. The summed E-state index contributed by atoms with van der Waals surface area (Å²) in [6, 6.07) is 3.85. The third-order valence-corrected chi connectivity index (χ3v) is 4.22. The predicted molar refractivity (Wildman–Crippen MR) is 77.4 cm³/mol. The lowest BCUT2D eigenvalue weighted by atomic mass is 9.98. The standard InChI is InChI=1S/C14H24N2OS/c1-5-11(4)13(15)14(17)16(10(2)3)9-12-7-6-8-18-12/h6-8,10-11,13H,5,9,15H2,1-4H3. The Morgan fingerprint density at radius 1 is 1.44 bits per heavy atom. The zero-order chi connectivity index (χ0) is 13.7. The van der Waals surface area contributed by atoms with Gasteiger partial charge in [0.25, 0.3) is 0 Å². The molecule has 0 radical (unpaired) electrons. The summed E-state index contributed by atoms with van der Waals surface area (Å²) in [6.45, 7) is 8.84. The van der Waals surface area contributed by atoms with Crippen LogP contribution in [0.4, 0.5) is 0 Å². The Balaban J connectivity index is 2.75. The number of nitrogens with two attached hydrogens (primary N) is 1. The molecule has 0 aromatic carbocycles. The van der Waals surface area contributed by atoms with Crippen molar-refractivity contribution in [3.05, 3.63) is 22.4 Å². The number of carbonyl (C=O) groups excluding carboxylic acids is 1. The fourth-order valence-corrected chi connectivity index (χ4v) is 2.48. The first-order chi connectivity index (χ1) is 8.47. The fourth-order valence-electron chi connectivity index (χ4n) is 1.77. The van der Waals surface area contributed by atoms with E-state index in [0.29, 0.717) is 6.54 Å². The third-order valence-electron chi connectivity index (χ3n) is 3.35. The molecule has 1 aromatic heterocycles. The monoisotopic (exact) mass is 268 g/mol. The highest BCUT2D eigenvalue weighted by molar-refractivity contribution is 7.09. The van der Waals surface area contributed by atoms with Crippen LogP contribution in [0.5, 0.6) is 0 Å². The van der Waals surface area contributed by atoms with Gasteiger partial charge in [-0.05, 0) is 31.2 Å². The summed E-state index contributed by atoms with van der Waals surface area (Å²) in [6.07, 6.45) is 0.928. The van der Waals surface area contributed by atoms with Gasteiger partial charge in [0.15, 0.2) is 0 Å². The number of thiophene rings is 1. The lowest BCUT2D eigenvalue weighted by molar-refractivity contribution is -0.136. The van der Waals surface area contributed by atoms with Crippen LogP contribution in [-0.2, 0) is 11.3 Å². The van der Waals surface area contributed by atoms with Gasteiger partial charge in [-0.25, -0.2) is 0 Å². The Morgan fingerprint density at radius 3 is 2.56 bits per heavy atom. The number of carbonyl (C=O) groups is 1. The van der Waals surface area contributed by atoms with Crippen LogP contribution in [0.25, 0.3) is 0 Å². The number of rotatable bonds is 6. The molecule has 18 heavy (non-hydrogen) atoms. The van der Waals surface area contributed by atoms with E-state index in [0.717, 1.165) is 6.42 Å². The highest BCUT2D eigenvalue weighted by atomic mass is 32.1. The molecule has 0 aliphatic rings. The molecule has 2 unspecified atom stereocenters. The average Bonchev–Trinajstić information content (AvgIpc) is 2.85. The predicted octanol–water partition coefficient (Wildman–Crippen LogP) is 2.86. The van der Waals surface area contributed by atoms with Gasteiger partial charge in [0.1, 0.15) is 0 Å². The van der Waals surface area contributed by atoms with Crippen LogP contribution in [-0.4, -0.2) is 22.9 Å². The third kappa shape index (κ3) is 3.82. The van der Waals surface area contributed by atoms with Gasteiger partial charge in [-0.3, -0.25) is 4.79 Å². The molecule has 1 rings (SSSR count). The smallest absolute Gasteiger partial charge is 0.240 e. The maximum Gasteiger partial charge on any atom is 0.240 e. The average molecular weight is 268 g/mol. The van der Waals surface area contributed by atoms with Crippen molar-refractivity contribution in [1.29, 1.82) is 0 Å². The second-order valence-electron chi connectivity index (χ2n) is 5.05. The van der Waals surface area contributed by atoms with Crippen molar-refractivity contribution in [3.8, 4) is 0 Å². The maximum atomic E-state index is 12.4. The van der Waals surface area contributed by atoms with Gasteiger partial charge in [0.05, 0.1) is 12.6 Å². The minimum Gasteiger partial charge on any atom is -0.334 e. The van der Waals surface area contributed by atoms with E-state index in [4.69, 9.17) is 5.73 Å². The van der Waals surface area contributed by atoms with Crippen LogP contribution in [0, 0.1) is 5.92 Å². The first-order valence-corrected chi connectivity index (χ1v) is 7.43. The van der Waals surface area contributed by atoms with Crippen LogP contribution in [0.2, 0.25) is 0 Å². The van der Waals surface area contributed by atoms with Gasteiger partial charge in [-0.2, -0.15) is 0 Å². The maximum absolute atomic E-state index is 12.4. The van der Waals surface area contributed by atoms with Gasteiger partial charge in [-0.15, -0.1) is 11.3 Å². The Hall–Kier alpha value is -0.870. The molecule has 0 saturated heterocycles. The Morgan fingerprint density at radius 2 is 2.11 bits per heavy atom. The van der Waals surface area contributed by atoms with E-state index in [1.807, 2.05) is 37.1 Å². The van der Waals surface area contributed by atoms with Crippen molar-refractivity contribution in [2.24, 2.45) is 11.7 Å². The largest absolute Gasteiger partial charge is 0.334 e. The minimum absolute atomic E-state index is 0.0627. The molecular weight excluding hydrogens is 244 g/mol. The van der Waals surface area contributed by atoms with Gasteiger partial charge in [0, 0.05) is 10.9 Å². The second-order valence-corrected chi connectivity index (χ2v) is 6.08. The summed E-state index contributed by atoms with van der Waals surface area (Å²) in [5.74, 6) is 0.287. The summed E-state index contributed by atoms with van der Waals surface area (Å²) < 4.78 is 0. The molecule has 0 saturated carbocycles. The zero-order valence-electron chi connectivity index (χ0n) is 11.7. The Bertz CT molecular complexity index is 362. The summed E-state index contributed by atoms with van der Waals surface area (Å²) in [5, 5.41) is 2.03. The van der Waals surface area contributed by atoms with Crippen LogP contribution in [0.1, 0.15) is 39.0 Å². The quantitative estimate of drug-likeness (QED) is 0.862. The van der Waals surface area contributed by atoms with E-state index in [9.17, 15) is 4.79 Å². The van der Waals surface area contributed by atoms with E-state index < -0.39 is 6.04 Å². The van der Waals surface area contributed by atoms with Crippen LogP contribution >= 0.6 is 11.3 Å². The van der Waals surface area contributed by atoms with Gasteiger partial charge >= 0.3 is 0 Å². The summed E-state index contributed by atoms with van der Waals surface area (Å²) in [5.41, 5.74) is 6.05. The van der Waals surface area contributed by atoms with Gasteiger partial charge in [0.2, 0.25) is 5.91 Å². The van der Waals surface area contributed by atoms with E-state index in [-0.39, 0.29) is 17.9 Å². The molecule has 102 valence electrons. The number of amides is 1. The number of nitrogens with zero attached hydrogens (tertiary/aromatic N) is 1. The van der Waals surface area contributed by atoms with E-state index >= 15 is 0 Å². The number of hydrogen-bond acceptors (Lipinski definition) is 3. The highest BCUT2D eigenvalue weighted by Gasteiger charge is 2.26. The van der Waals surface area contributed by atoms with Crippen molar-refractivity contribution < 1.29 is 4.79 Å². The van der Waals surface area contributed by atoms with E-state index in [1.54, 1.807) is 11.3 Å². The summed E-state index contributed by atoms with van der Waals surface area (Å²) in [7, 11) is 0. The minimum atomic E-state index is -0.391. The van der Waals surface area contributed by atoms with E-state index in [1.165, 1.54) is 4.88 Å². The highest BCUT2D eigenvalue weighted by Crippen LogP contribution is 2.17. The topological polar surface area (TPSA) is 46.3 Å². The van der Waals surface area contributed by atoms with Gasteiger partial charge in [-0.1, -0.05) is 26.3 Å². The Labute approximate surface area is 114 Å². The molecule has 0 aliphatic heterocycles. The lowest BCUT2D eigenvalue weighted by Gasteiger charge is -2.30. The van der Waals surface area contributed by atoms with Crippen LogP contribution < -0.4 is 5.73 Å². The number of hydrogen-bond donors (Lipinski definition) is 1. The van der Waals surface area contributed by atoms with Crippen molar-refractivity contribution in [1.82, 2.24) is 4.90 Å². The summed E-state index contributed by atoms with van der Waals surface area (Å²) >= 11 is 1.68. The van der Waals surface area contributed by atoms with Crippen molar-refractivity contribution in [2.75, 3.05) is 0 Å². The van der Waals surface area contributed by atoms with Crippen molar-refractivity contribution in [3.63, 3.8) is 0 Å². The summed E-state index contributed by atoms with van der Waals surface area (Å²) in [4.78, 5) is 15.5. The lowest BCUT2D eigenvalue weighted by Crippen LogP contribution is -2.49. The first kappa shape index (κ1) is 15.2. The molecule has 0 spiro atoms. The van der Waals surface area contributed by atoms with Crippen molar-refractivity contribution in [2.45, 2.75) is 52.7 Å². The molecule has 2 N–H and O–H groups in total. The Kier molecular flexibility index (Phi) is 5.82. The molecule has 4 heteroatoms. The molecular formula is C14H24N2OS. The molecule has 1 heterocycles. The second kappa shape index (κ2) is 6.90. The van der Waals surface area contributed by atoms with Crippen LogP contribution in [0.3, 0.4) is 0 Å². The molecule has 0 bridgehead atoms. The van der Waals surface area contributed by atoms with Gasteiger partial charge < -0.3 is 10.6 Å². The zero-order valence-corrected chi connectivity index (χ0v) is 12.5. The molecule has 0 aliphatic carbocycles. The first-order valence-electron chi connectivity index (χ1n) is 6.55. The van der Waals surface area contributed by atoms with E-state index in [2.05, 4.69) is 13.0 Å². The molecule has 3 nitrogen and oxygen atoms in total.